The lowest BCUT2D eigenvalue weighted by atomic mass is 10.2. The maximum absolute atomic E-state index is 12.7. The molecule has 102 valence electrons. The van der Waals surface area contributed by atoms with Crippen molar-refractivity contribution in [2.75, 3.05) is 5.43 Å². The number of nitriles is 1. The normalized spacial score (nSPS) is 10.9. The van der Waals surface area contributed by atoms with E-state index in [0.29, 0.717) is 5.89 Å². The number of rotatable bonds is 4. The van der Waals surface area contributed by atoms with Gasteiger partial charge in [-0.05, 0) is 17.7 Å². The average molecular weight is 272 g/mol. The Hall–Kier alpha value is -2.68. The molecule has 20 heavy (non-hydrogen) atoms. The average Bonchev–Trinajstić information content (AvgIpc) is 2.84. The van der Waals surface area contributed by atoms with E-state index in [1.807, 2.05) is 19.9 Å². The molecule has 0 atom stereocenters. The minimum absolute atomic E-state index is 0.0822. The van der Waals surface area contributed by atoms with Crippen molar-refractivity contribution in [1.29, 1.82) is 5.26 Å². The summed E-state index contributed by atoms with van der Waals surface area (Å²) in [4.78, 5) is 4.05. The van der Waals surface area contributed by atoms with Crippen LogP contribution in [0, 0.1) is 17.1 Å². The molecule has 0 aliphatic carbocycles. The molecule has 0 aliphatic rings. The number of nitrogens with zero attached hydrogens (tertiary/aromatic N) is 3. The summed E-state index contributed by atoms with van der Waals surface area (Å²) in [6.07, 6.45) is 1.50. The van der Waals surface area contributed by atoms with Gasteiger partial charge in [-0.15, -0.1) is 0 Å². The van der Waals surface area contributed by atoms with Crippen LogP contribution in [0.1, 0.15) is 36.9 Å². The highest BCUT2D eigenvalue weighted by molar-refractivity contribution is 5.80. The zero-order valence-electron chi connectivity index (χ0n) is 11.1. The third-order valence-electron chi connectivity index (χ3n) is 2.49. The van der Waals surface area contributed by atoms with Gasteiger partial charge in [0.05, 0.1) is 6.21 Å². The van der Waals surface area contributed by atoms with E-state index in [4.69, 9.17) is 9.68 Å². The van der Waals surface area contributed by atoms with Crippen molar-refractivity contribution in [3.8, 4) is 6.07 Å². The molecular weight excluding hydrogens is 259 g/mol. The van der Waals surface area contributed by atoms with Crippen LogP contribution < -0.4 is 5.43 Å². The van der Waals surface area contributed by atoms with Crippen molar-refractivity contribution in [2.45, 2.75) is 19.8 Å². The Bertz CT molecular complexity index is 653. The van der Waals surface area contributed by atoms with Crippen LogP contribution in [0.25, 0.3) is 0 Å². The van der Waals surface area contributed by atoms with Gasteiger partial charge in [-0.3, -0.25) is 0 Å². The summed E-state index contributed by atoms with van der Waals surface area (Å²) in [6, 6.07) is 7.80. The first-order valence-electron chi connectivity index (χ1n) is 6.05. The maximum Gasteiger partial charge on any atom is 0.252 e. The largest absolute Gasteiger partial charge is 0.422 e. The lowest BCUT2D eigenvalue weighted by Crippen LogP contribution is -1.91. The van der Waals surface area contributed by atoms with E-state index in [9.17, 15) is 4.39 Å². The molecule has 0 saturated heterocycles. The molecule has 0 spiro atoms. The van der Waals surface area contributed by atoms with Crippen molar-refractivity contribution >= 4 is 12.1 Å². The second kappa shape index (κ2) is 5.97. The van der Waals surface area contributed by atoms with E-state index in [0.717, 1.165) is 5.56 Å². The van der Waals surface area contributed by atoms with Crippen LogP contribution in [0.4, 0.5) is 10.3 Å². The monoisotopic (exact) mass is 272 g/mol. The van der Waals surface area contributed by atoms with E-state index in [1.54, 1.807) is 12.1 Å². The van der Waals surface area contributed by atoms with Gasteiger partial charge in [0.15, 0.2) is 0 Å². The standard InChI is InChI=1S/C14H13FN4O/c1-9(2)13-18-12(7-16)14(20-13)19-17-8-10-3-5-11(15)6-4-10/h3-6,8-9,19H,1-2H3/b17-8+. The number of benzene rings is 1. The summed E-state index contributed by atoms with van der Waals surface area (Å²) in [5, 5.41) is 12.9. The van der Waals surface area contributed by atoms with Crippen LogP contribution in [0.5, 0.6) is 0 Å². The van der Waals surface area contributed by atoms with Crippen LogP contribution in [-0.2, 0) is 0 Å². The Labute approximate surface area is 115 Å². The van der Waals surface area contributed by atoms with Crippen molar-refractivity contribution in [3.05, 3.63) is 47.2 Å². The van der Waals surface area contributed by atoms with Gasteiger partial charge in [-0.25, -0.2) is 14.8 Å². The lowest BCUT2D eigenvalue weighted by molar-refractivity contribution is 0.481. The van der Waals surface area contributed by atoms with Gasteiger partial charge in [0.2, 0.25) is 11.6 Å². The second-order valence-corrected chi connectivity index (χ2v) is 4.42. The molecule has 1 aromatic heterocycles. The van der Waals surface area contributed by atoms with Crippen LogP contribution in [-0.4, -0.2) is 11.2 Å². The lowest BCUT2D eigenvalue weighted by Gasteiger charge is -1.97. The van der Waals surface area contributed by atoms with Crippen molar-refractivity contribution in [3.63, 3.8) is 0 Å². The minimum Gasteiger partial charge on any atom is -0.422 e. The Kier molecular flexibility index (Phi) is 4.11. The van der Waals surface area contributed by atoms with Gasteiger partial charge < -0.3 is 4.42 Å². The first-order valence-corrected chi connectivity index (χ1v) is 6.05. The van der Waals surface area contributed by atoms with Gasteiger partial charge in [0.1, 0.15) is 11.9 Å². The predicted molar refractivity (Wildman–Crippen MR) is 72.9 cm³/mol. The SMILES string of the molecule is CC(C)c1nc(C#N)c(N/N=C/c2ccc(F)cc2)o1. The summed E-state index contributed by atoms with van der Waals surface area (Å²) >= 11 is 0. The Morgan fingerprint density at radius 1 is 1.40 bits per heavy atom. The number of anilines is 1. The molecule has 0 unspecified atom stereocenters. The van der Waals surface area contributed by atoms with E-state index < -0.39 is 0 Å². The van der Waals surface area contributed by atoms with Gasteiger partial charge in [-0.2, -0.15) is 10.4 Å². The highest BCUT2D eigenvalue weighted by atomic mass is 19.1. The molecule has 0 bridgehead atoms. The quantitative estimate of drug-likeness (QED) is 0.684. The molecule has 0 radical (unpaired) electrons. The Morgan fingerprint density at radius 3 is 2.70 bits per heavy atom. The van der Waals surface area contributed by atoms with E-state index in [-0.39, 0.29) is 23.3 Å². The highest BCUT2D eigenvalue weighted by Crippen LogP contribution is 2.21. The van der Waals surface area contributed by atoms with Crippen molar-refractivity contribution in [2.24, 2.45) is 5.10 Å². The molecule has 2 rings (SSSR count). The summed E-state index contributed by atoms with van der Waals surface area (Å²) in [5.41, 5.74) is 3.51. The smallest absolute Gasteiger partial charge is 0.252 e. The summed E-state index contributed by atoms with van der Waals surface area (Å²) < 4.78 is 18.1. The minimum atomic E-state index is -0.307. The fraction of sp³-hybridized carbons (Fsp3) is 0.214. The van der Waals surface area contributed by atoms with E-state index in [1.165, 1.54) is 18.3 Å². The van der Waals surface area contributed by atoms with Crippen molar-refractivity contribution < 1.29 is 8.81 Å². The molecule has 1 heterocycles. The van der Waals surface area contributed by atoms with Gasteiger partial charge in [0, 0.05) is 5.92 Å². The first kappa shape index (κ1) is 13.7. The zero-order valence-corrected chi connectivity index (χ0v) is 11.1. The predicted octanol–water partition coefficient (Wildman–Crippen LogP) is 3.25. The number of aromatic nitrogens is 1. The molecule has 0 fully saturated rings. The van der Waals surface area contributed by atoms with Gasteiger partial charge in [0.25, 0.3) is 5.88 Å². The fourth-order valence-electron chi connectivity index (χ4n) is 1.45. The Balaban J connectivity index is 2.10. The number of nitrogens with one attached hydrogen (secondary N) is 1. The van der Waals surface area contributed by atoms with Gasteiger partial charge in [-0.1, -0.05) is 26.0 Å². The number of hydrazone groups is 1. The number of halogens is 1. The summed E-state index contributed by atoms with van der Waals surface area (Å²) in [5.74, 6) is 0.452. The van der Waals surface area contributed by atoms with E-state index >= 15 is 0 Å². The number of oxazole rings is 1. The molecule has 0 amide bonds. The third kappa shape index (κ3) is 3.20. The van der Waals surface area contributed by atoms with Crippen LogP contribution >= 0.6 is 0 Å². The molecule has 1 N–H and O–H groups in total. The zero-order chi connectivity index (χ0) is 14.5. The van der Waals surface area contributed by atoms with Crippen LogP contribution in [0.15, 0.2) is 33.8 Å². The molecule has 5 nitrogen and oxygen atoms in total. The second-order valence-electron chi connectivity index (χ2n) is 4.42. The number of hydrogen-bond donors (Lipinski definition) is 1. The molecule has 6 heteroatoms. The first-order chi connectivity index (χ1) is 9.60. The molecule has 1 aromatic carbocycles. The van der Waals surface area contributed by atoms with Crippen LogP contribution in [0.2, 0.25) is 0 Å². The van der Waals surface area contributed by atoms with Gasteiger partial charge >= 0.3 is 0 Å². The fourth-order valence-corrected chi connectivity index (χ4v) is 1.45. The molecule has 2 aromatic rings. The molecule has 0 saturated carbocycles. The Morgan fingerprint density at radius 2 is 2.10 bits per heavy atom. The summed E-state index contributed by atoms with van der Waals surface area (Å²) in [7, 11) is 0. The van der Waals surface area contributed by atoms with E-state index in [2.05, 4.69) is 15.5 Å². The highest BCUT2D eigenvalue weighted by Gasteiger charge is 2.14. The topological polar surface area (TPSA) is 74.2 Å². The van der Waals surface area contributed by atoms with Crippen LogP contribution in [0.3, 0.4) is 0 Å². The molecule has 0 aliphatic heterocycles. The maximum atomic E-state index is 12.7. The molecular formula is C14H13FN4O. The number of hydrogen-bond acceptors (Lipinski definition) is 5. The summed E-state index contributed by atoms with van der Waals surface area (Å²) in [6.45, 7) is 3.83. The van der Waals surface area contributed by atoms with Crippen molar-refractivity contribution in [1.82, 2.24) is 4.98 Å². The third-order valence-corrected chi connectivity index (χ3v) is 2.49.